The van der Waals surface area contributed by atoms with Crippen molar-refractivity contribution in [2.24, 2.45) is 16.7 Å². The molecule has 8 aromatic rings. The molecule has 0 radical (unpaired) electrons. The number of likely N-dealkylation sites (tertiary alicyclic amines) is 3. The molecule has 39 heteroatoms. The number of carboxylic acid groups (broad SMARTS) is 1. The Morgan fingerprint density at radius 1 is 0.540 bits per heavy atom. The van der Waals surface area contributed by atoms with Gasteiger partial charge in [-0.15, -0.1) is 22.7 Å². The highest BCUT2D eigenvalue weighted by atomic mass is 32.1. The molecule has 37 nitrogen and oxygen atoms in total. The van der Waals surface area contributed by atoms with E-state index in [-0.39, 0.29) is 133 Å². The molecule has 137 heavy (non-hydrogen) atoms. The number of benzene rings is 4. The highest BCUT2D eigenvalue weighted by Crippen LogP contribution is 2.33. The molecule has 0 spiro atoms. The topological polar surface area (TPSA) is 487 Å². The predicted octanol–water partition coefficient (Wildman–Crippen LogP) is 4.49. The van der Waals surface area contributed by atoms with Crippen LogP contribution in [0.15, 0.2) is 133 Å². The molecule has 4 fully saturated rings. The summed E-state index contributed by atoms with van der Waals surface area (Å²) in [6.45, 7) is 21.3. The molecular formula is C98H128N18O19S2. The smallest absolute Gasteiger partial charge is 0.329 e. The van der Waals surface area contributed by atoms with E-state index in [0.717, 1.165) is 95.5 Å². The van der Waals surface area contributed by atoms with Crippen molar-refractivity contribution in [1.29, 1.82) is 0 Å². The number of Topliss-reactive ketones (excluding diaryl/α,β-unsaturated/α-hetero) is 1. The number of fused-ring (bicyclic) bond motifs is 2. The Morgan fingerprint density at radius 2 is 1.01 bits per heavy atom. The Labute approximate surface area is 805 Å². The van der Waals surface area contributed by atoms with Crippen LogP contribution in [-0.4, -0.2) is 318 Å². The van der Waals surface area contributed by atoms with E-state index in [1.165, 1.54) is 44.7 Å². The second-order valence-electron chi connectivity index (χ2n) is 37.5. The van der Waals surface area contributed by atoms with Gasteiger partial charge in [-0.05, 0) is 107 Å². The number of ether oxygens (including phenoxy) is 4. The molecule has 14 rings (SSSR count). The number of thiazole rings is 2. The number of aliphatic hydroxyl groups excluding tert-OH is 4. The van der Waals surface area contributed by atoms with Crippen molar-refractivity contribution >= 4 is 87.5 Å². The summed E-state index contributed by atoms with van der Waals surface area (Å²) < 4.78 is 21.1. The van der Waals surface area contributed by atoms with Gasteiger partial charge >= 0.3 is 5.97 Å². The number of hydrogen-bond acceptors (Lipinski definition) is 30. The lowest BCUT2D eigenvalue weighted by Crippen LogP contribution is -2.58. The fraction of sp³-hybridized carbons (Fsp3) is 0.510. The van der Waals surface area contributed by atoms with Gasteiger partial charge in [0.2, 0.25) is 41.4 Å². The predicted molar refractivity (Wildman–Crippen MR) is 511 cm³/mol. The fourth-order valence-electron chi connectivity index (χ4n) is 16.9. The number of nitrogens with zero attached hydrogens (tertiary/aromatic N) is 11. The molecule has 0 aliphatic carbocycles. The standard InChI is InChI=1S/C49H63N9O9S.C28H38N4O8S.C21H27N5O2/c1-31-44(68-30-54-31)35-11-9-32(10-12-35)20-50-47(64)41-19-38(59)26-58(41)48(65)45(49(2,3)4)55-42(61)27-66-15-16-67-28-43(62)57-22-33(23-57)17-37-18-40(53-29-52-37)46(63)51-21-39(60)25-56-14-13-34-7-5-6-8-36(34)24-56;1-17-24(41-16-30-17)19-7-5-18(6-8-19)12-29-26(37)21-11-20(33)13-32(21)27(38)25(28(2,3)4)31-22(34)14-39-9-10-40-15-23(35)36;27-18(13-26-8-7-15-3-1-2-4-16(15)12-26)5-6-20(28)19-9-21(24-14-23-19)25-17-10-22-11-17/h5-12,18,29-30,33,38-39,41,45,59-60H,13-17,19-28H2,1-4H3,(H,50,64)(H,51,63)(H,55,61);5-8,16,20-21,25,33H,9-15H2,1-4H3,(H,29,37)(H,31,34)(H,35,36);1-4,9,14,17-18,22,27H,5-8,10-13H2,(H,23,24,25)/t38-,39+,41+,45-;20-,21+,25-;18-/m110/s1. The maximum absolute atomic E-state index is 14.0. The van der Waals surface area contributed by atoms with Crippen molar-refractivity contribution in [2.45, 2.75) is 181 Å². The molecule has 10 heterocycles. The van der Waals surface area contributed by atoms with Crippen LogP contribution in [0.4, 0.5) is 5.82 Å². The summed E-state index contributed by atoms with van der Waals surface area (Å²) in [6.07, 6.45) is 3.14. The number of rotatable bonds is 41. The zero-order valence-electron chi connectivity index (χ0n) is 78.9. The molecule has 8 atom stereocenters. The van der Waals surface area contributed by atoms with Crippen molar-refractivity contribution < 1.29 is 92.4 Å². The van der Waals surface area contributed by atoms with Gasteiger partial charge < -0.3 is 96.4 Å². The Kier molecular flexibility index (Phi) is 38.3. The first-order valence-electron chi connectivity index (χ1n) is 46.4. The van der Waals surface area contributed by atoms with Crippen LogP contribution in [0.1, 0.15) is 139 Å². The van der Waals surface area contributed by atoms with E-state index in [1.54, 1.807) is 92.3 Å². The Bertz CT molecular complexity index is 5400. The minimum atomic E-state index is -1.11. The summed E-state index contributed by atoms with van der Waals surface area (Å²) in [5, 5.41) is 71.0. The Balaban J connectivity index is 0.000000205. The highest BCUT2D eigenvalue weighted by molar-refractivity contribution is 7.13. The molecular weight excluding hydrogens is 1800 g/mol. The quantitative estimate of drug-likeness (QED) is 0.0185. The van der Waals surface area contributed by atoms with Gasteiger partial charge in [-0.2, -0.15) is 0 Å². The molecule has 736 valence electrons. The summed E-state index contributed by atoms with van der Waals surface area (Å²) >= 11 is 3.13. The number of carboxylic acids is 1. The zero-order valence-corrected chi connectivity index (χ0v) is 80.5. The van der Waals surface area contributed by atoms with Gasteiger partial charge in [0.15, 0.2) is 5.78 Å². The lowest BCUT2D eigenvalue weighted by molar-refractivity contribution is -0.145. The van der Waals surface area contributed by atoms with E-state index in [1.807, 2.05) is 74.5 Å². The monoisotopic (exact) mass is 1920 g/mol. The van der Waals surface area contributed by atoms with Crippen molar-refractivity contribution in [3.8, 4) is 20.9 Å². The number of ketones is 1. The average molecular weight is 1930 g/mol. The van der Waals surface area contributed by atoms with Crippen LogP contribution in [0.3, 0.4) is 0 Å². The third-order valence-electron chi connectivity index (χ3n) is 24.5. The minimum Gasteiger partial charge on any atom is -0.480 e. The van der Waals surface area contributed by atoms with Crippen molar-refractivity contribution in [3.63, 3.8) is 0 Å². The van der Waals surface area contributed by atoms with Gasteiger partial charge in [0, 0.05) is 129 Å². The third kappa shape index (κ3) is 31.3. The molecule has 4 aromatic heterocycles. The number of carbonyl (C=O) groups excluding carboxylic acids is 9. The number of nitrogens with one attached hydrogen (secondary N) is 7. The zero-order chi connectivity index (χ0) is 97.9. The van der Waals surface area contributed by atoms with Crippen LogP contribution >= 0.6 is 22.7 Å². The largest absolute Gasteiger partial charge is 0.480 e. The van der Waals surface area contributed by atoms with Gasteiger partial charge in [-0.3, -0.25) is 53.0 Å². The highest BCUT2D eigenvalue weighted by Gasteiger charge is 2.47. The first-order valence-corrected chi connectivity index (χ1v) is 48.2. The van der Waals surface area contributed by atoms with E-state index in [0.29, 0.717) is 62.3 Å². The van der Waals surface area contributed by atoms with Crippen LogP contribution in [0, 0.1) is 30.6 Å². The van der Waals surface area contributed by atoms with Gasteiger partial charge in [0.25, 0.3) is 5.91 Å². The number of amides is 8. The van der Waals surface area contributed by atoms with Crippen LogP contribution in [-0.2, 0) is 103 Å². The summed E-state index contributed by atoms with van der Waals surface area (Å²) in [4.78, 5) is 165. The summed E-state index contributed by atoms with van der Waals surface area (Å²) in [7, 11) is 0. The SMILES string of the molecule is Cc1ncsc1-c1ccc(CNC(=O)[C@@H]2C[C@@H](O)CN2C(=O)[C@@H](NC(=O)COCCOCC(=O)N2CC(Cc3cc(C(=O)NC[C@H](O)CN4CCc5ccccc5C4)ncn3)C2)C(C)(C)C)cc1.Cc1ncsc1-c1ccc(CNC(=O)[C@@H]2C[C@@H](O)CN2C(=O)[C@@H](NC(=O)COCCOCC(=O)O)C(C)(C)C)cc1.O=C(CC[C@H](O)CN1CCc2ccccc2C1)c1cc(NC2CNC2)ncn1. The van der Waals surface area contributed by atoms with E-state index in [2.05, 4.69) is 113 Å². The summed E-state index contributed by atoms with van der Waals surface area (Å²) in [5.74, 6) is -3.72. The van der Waals surface area contributed by atoms with E-state index in [4.69, 9.17) is 24.1 Å². The van der Waals surface area contributed by atoms with Crippen LogP contribution in [0.25, 0.3) is 20.9 Å². The number of carbonyl (C=O) groups is 10. The van der Waals surface area contributed by atoms with Gasteiger partial charge in [-0.25, -0.2) is 34.7 Å². The number of aromatic nitrogens is 6. The van der Waals surface area contributed by atoms with E-state index >= 15 is 0 Å². The number of hydrogen-bond donors (Lipinski definition) is 12. The summed E-state index contributed by atoms with van der Waals surface area (Å²) in [5.41, 5.74) is 14.6. The molecule has 6 aliphatic rings. The van der Waals surface area contributed by atoms with Gasteiger partial charge in [0.05, 0.1) is 89.0 Å². The number of aryl methyl sites for hydroxylation is 2. The average Bonchev–Trinajstić information content (AvgIpc) is 1.77. The third-order valence-corrected chi connectivity index (χ3v) is 26.4. The minimum absolute atomic E-state index is 0.000400. The van der Waals surface area contributed by atoms with Crippen LogP contribution in [0.5, 0.6) is 0 Å². The lowest BCUT2D eigenvalue weighted by atomic mass is 9.85. The molecule has 0 bridgehead atoms. The number of aliphatic carboxylic acids is 1. The maximum atomic E-state index is 14.0. The molecule has 6 aliphatic heterocycles. The van der Waals surface area contributed by atoms with Gasteiger partial charge in [0.1, 0.15) is 80.5 Å². The van der Waals surface area contributed by atoms with Crippen molar-refractivity contribution in [3.05, 3.63) is 195 Å². The van der Waals surface area contributed by atoms with Crippen molar-refractivity contribution in [1.82, 2.24) is 86.3 Å². The normalized spacial score (nSPS) is 18.1. The molecule has 4 saturated heterocycles. The first-order chi connectivity index (χ1) is 65.6. The number of aliphatic hydroxyl groups is 4. The Morgan fingerprint density at radius 3 is 1.47 bits per heavy atom. The fourth-order valence-corrected chi connectivity index (χ4v) is 18.5. The first kappa shape index (κ1) is 104. The molecule has 8 amide bonds. The Hall–Kier alpha value is -11.4. The van der Waals surface area contributed by atoms with Crippen molar-refractivity contribution in [2.75, 3.05) is 130 Å². The lowest BCUT2D eigenvalue weighted by Gasteiger charge is -2.39. The summed E-state index contributed by atoms with van der Waals surface area (Å²) in [6, 6.07) is 32.3. The molecule has 4 aromatic carbocycles. The van der Waals surface area contributed by atoms with E-state index in [9.17, 15) is 68.4 Å². The van der Waals surface area contributed by atoms with Crippen LogP contribution < -0.4 is 37.2 Å². The van der Waals surface area contributed by atoms with Crippen LogP contribution in [0.2, 0.25) is 0 Å². The maximum Gasteiger partial charge on any atom is 0.329 e. The number of anilines is 1. The number of β-amino-alcohol motifs (C(OH)–C–C–N with tert-alkyl or cyclic N) is 4. The second kappa shape index (κ2) is 50.2. The second-order valence-corrected chi connectivity index (χ2v) is 39.2. The molecule has 12 N–H and O–H groups in total. The van der Waals surface area contributed by atoms with E-state index < -0.39 is 102 Å². The molecule has 0 saturated carbocycles. The molecule has 0 unspecified atom stereocenters. The van der Waals surface area contributed by atoms with Gasteiger partial charge in [-0.1, -0.05) is 139 Å².